The van der Waals surface area contributed by atoms with Crippen LogP contribution in [0.25, 0.3) is 0 Å². The third kappa shape index (κ3) is 3.31. The van der Waals surface area contributed by atoms with Crippen molar-refractivity contribution in [2.75, 3.05) is 0 Å². The summed E-state index contributed by atoms with van der Waals surface area (Å²) < 4.78 is 27.2. The minimum Gasteiger partial charge on any atom is -0.271 e. The Morgan fingerprint density at radius 1 is 1.37 bits per heavy atom. The number of hydrogen-bond donors (Lipinski definition) is 2. The largest absolute Gasteiger partial charge is 0.271 e. The van der Waals surface area contributed by atoms with Crippen LogP contribution in [0.2, 0.25) is 0 Å². The molecule has 1 aromatic rings. The molecule has 106 valence electrons. The van der Waals surface area contributed by atoms with Crippen LogP contribution >= 0.6 is 0 Å². The summed E-state index contributed by atoms with van der Waals surface area (Å²) in [5, 5.41) is 0. The Kier molecular flexibility index (Phi) is 4.21. The normalized spacial score (nSPS) is 24.2. The van der Waals surface area contributed by atoms with E-state index in [2.05, 4.69) is 5.43 Å². The number of halogens is 2. The zero-order valence-corrected chi connectivity index (χ0v) is 11.5. The summed E-state index contributed by atoms with van der Waals surface area (Å²) in [4.78, 5) is 0. The molecule has 1 fully saturated rings. The molecule has 2 rings (SSSR count). The predicted molar refractivity (Wildman–Crippen MR) is 72.9 cm³/mol. The maximum atomic E-state index is 13.6. The minimum atomic E-state index is -2.55. The Morgan fingerprint density at radius 2 is 2.11 bits per heavy atom. The van der Waals surface area contributed by atoms with Gasteiger partial charge in [0.15, 0.2) is 0 Å². The van der Waals surface area contributed by atoms with Crippen molar-refractivity contribution in [1.29, 1.82) is 0 Å². The Hall–Kier alpha value is -1.00. The zero-order chi connectivity index (χ0) is 14.0. The first-order chi connectivity index (χ1) is 8.93. The Labute approximate surface area is 113 Å². The number of nitrogens with one attached hydrogen (secondary N) is 1. The summed E-state index contributed by atoms with van der Waals surface area (Å²) in [6.07, 6.45) is 1.31. The van der Waals surface area contributed by atoms with Crippen molar-refractivity contribution in [1.82, 2.24) is 5.43 Å². The highest BCUT2D eigenvalue weighted by molar-refractivity contribution is 5.33. The molecule has 1 aliphatic rings. The van der Waals surface area contributed by atoms with E-state index in [0.29, 0.717) is 6.42 Å². The maximum absolute atomic E-state index is 13.6. The van der Waals surface area contributed by atoms with Crippen LogP contribution in [-0.4, -0.2) is 5.92 Å². The van der Waals surface area contributed by atoms with Gasteiger partial charge in [0.2, 0.25) is 5.92 Å². The highest BCUT2D eigenvalue weighted by Crippen LogP contribution is 2.42. The lowest BCUT2D eigenvalue weighted by atomic mass is 9.78. The molecule has 4 heteroatoms. The molecule has 0 spiro atoms. The van der Waals surface area contributed by atoms with Crippen LogP contribution in [0.3, 0.4) is 0 Å². The SMILES string of the molecule is Cc1ccc(C)c(C(NN)C2CCCC(F)(F)C2)c1. The lowest BCUT2D eigenvalue weighted by Crippen LogP contribution is -2.39. The van der Waals surface area contributed by atoms with E-state index in [-0.39, 0.29) is 24.8 Å². The summed E-state index contributed by atoms with van der Waals surface area (Å²) >= 11 is 0. The molecule has 1 aromatic carbocycles. The first-order valence-electron chi connectivity index (χ1n) is 6.84. The van der Waals surface area contributed by atoms with E-state index in [1.807, 2.05) is 32.0 Å². The van der Waals surface area contributed by atoms with E-state index in [9.17, 15) is 8.78 Å². The van der Waals surface area contributed by atoms with Gasteiger partial charge in [-0.05, 0) is 43.7 Å². The molecule has 3 N–H and O–H groups in total. The highest BCUT2D eigenvalue weighted by Gasteiger charge is 2.39. The molecular weight excluding hydrogens is 246 g/mol. The minimum absolute atomic E-state index is 0.00753. The average molecular weight is 268 g/mol. The lowest BCUT2D eigenvalue weighted by molar-refractivity contribution is -0.0584. The van der Waals surface area contributed by atoms with Crippen molar-refractivity contribution < 1.29 is 8.78 Å². The Bertz CT molecular complexity index is 446. The summed E-state index contributed by atoms with van der Waals surface area (Å²) in [7, 11) is 0. The molecule has 0 heterocycles. The molecule has 2 nitrogen and oxygen atoms in total. The van der Waals surface area contributed by atoms with Crippen LogP contribution in [0.4, 0.5) is 8.78 Å². The van der Waals surface area contributed by atoms with Crippen molar-refractivity contribution >= 4 is 0 Å². The third-order valence-corrected chi connectivity index (χ3v) is 4.10. The Morgan fingerprint density at radius 3 is 2.74 bits per heavy atom. The van der Waals surface area contributed by atoms with Crippen LogP contribution in [0.1, 0.15) is 48.4 Å². The highest BCUT2D eigenvalue weighted by atomic mass is 19.3. The van der Waals surface area contributed by atoms with Crippen molar-refractivity contribution in [2.45, 2.75) is 51.5 Å². The summed E-state index contributed by atoms with van der Waals surface area (Å²) in [6.45, 7) is 4.01. The van der Waals surface area contributed by atoms with E-state index >= 15 is 0 Å². The second kappa shape index (κ2) is 5.55. The van der Waals surface area contributed by atoms with Crippen LogP contribution < -0.4 is 11.3 Å². The number of hydrazine groups is 1. The lowest BCUT2D eigenvalue weighted by Gasteiger charge is -2.35. The van der Waals surface area contributed by atoms with Gasteiger partial charge in [0, 0.05) is 18.9 Å². The molecule has 0 saturated heterocycles. The molecular formula is C15H22F2N2. The van der Waals surface area contributed by atoms with Crippen LogP contribution in [0.15, 0.2) is 18.2 Å². The van der Waals surface area contributed by atoms with Crippen molar-refractivity contribution in [3.8, 4) is 0 Å². The van der Waals surface area contributed by atoms with Gasteiger partial charge in [-0.15, -0.1) is 0 Å². The van der Waals surface area contributed by atoms with E-state index in [4.69, 9.17) is 5.84 Å². The molecule has 2 unspecified atom stereocenters. The number of nitrogens with two attached hydrogens (primary N) is 1. The second-order valence-corrected chi connectivity index (χ2v) is 5.72. The van der Waals surface area contributed by atoms with Gasteiger partial charge in [-0.25, -0.2) is 8.78 Å². The number of aryl methyl sites for hydroxylation is 2. The third-order valence-electron chi connectivity index (χ3n) is 4.10. The summed E-state index contributed by atoms with van der Waals surface area (Å²) in [6, 6.07) is 5.91. The van der Waals surface area contributed by atoms with Crippen LogP contribution in [0.5, 0.6) is 0 Å². The van der Waals surface area contributed by atoms with Crippen molar-refractivity contribution in [3.05, 3.63) is 34.9 Å². The number of benzene rings is 1. The molecule has 0 amide bonds. The monoisotopic (exact) mass is 268 g/mol. The van der Waals surface area contributed by atoms with Gasteiger partial charge in [0.05, 0.1) is 0 Å². The fourth-order valence-electron chi connectivity index (χ4n) is 3.07. The second-order valence-electron chi connectivity index (χ2n) is 5.72. The van der Waals surface area contributed by atoms with Crippen molar-refractivity contribution in [3.63, 3.8) is 0 Å². The molecule has 19 heavy (non-hydrogen) atoms. The first-order valence-corrected chi connectivity index (χ1v) is 6.84. The van der Waals surface area contributed by atoms with E-state index < -0.39 is 5.92 Å². The van der Waals surface area contributed by atoms with Gasteiger partial charge in [-0.3, -0.25) is 11.3 Å². The molecule has 0 bridgehead atoms. The molecule has 2 atom stereocenters. The van der Waals surface area contributed by atoms with E-state index in [1.165, 1.54) is 0 Å². The smallest absolute Gasteiger partial charge is 0.248 e. The van der Waals surface area contributed by atoms with E-state index in [0.717, 1.165) is 23.1 Å². The summed E-state index contributed by atoms with van der Waals surface area (Å²) in [5.74, 6) is 3.00. The van der Waals surface area contributed by atoms with Gasteiger partial charge < -0.3 is 0 Å². The molecule has 0 radical (unpaired) electrons. The molecule has 1 saturated carbocycles. The quantitative estimate of drug-likeness (QED) is 0.649. The van der Waals surface area contributed by atoms with Gasteiger partial charge >= 0.3 is 0 Å². The van der Waals surface area contributed by atoms with Gasteiger partial charge in [0.1, 0.15) is 0 Å². The van der Waals surface area contributed by atoms with Gasteiger partial charge in [-0.1, -0.05) is 23.8 Å². The fraction of sp³-hybridized carbons (Fsp3) is 0.600. The number of hydrogen-bond acceptors (Lipinski definition) is 2. The van der Waals surface area contributed by atoms with E-state index in [1.54, 1.807) is 0 Å². The Balaban J connectivity index is 2.26. The zero-order valence-electron chi connectivity index (χ0n) is 11.5. The number of rotatable bonds is 3. The number of alkyl halides is 2. The van der Waals surface area contributed by atoms with Crippen molar-refractivity contribution in [2.24, 2.45) is 11.8 Å². The topological polar surface area (TPSA) is 38.0 Å². The standard InChI is InChI=1S/C15H22F2N2/c1-10-5-6-11(2)13(8-10)14(19-18)12-4-3-7-15(16,17)9-12/h5-6,8,12,14,19H,3-4,7,9,18H2,1-2H3. The fourth-order valence-corrected chi connectivity index (χ4v) is 3.07. The molecule has 0 aromatic heterocycles. The summed E-state index contributed by atoms with van der Waals surface area (Å²) in [5.41, 5.74) is 6.03. The maximum Gasteiger partial charge on any atom is 0.248 e. The van der Waals surface area contributed by atoms with Gasteiger partial charge in [-0.2, -0.15) is 0 Å². The van der Waals surface area contributed by atoms with Gasteiger partial charge in [0.25, 0.3) is 0 Å². The first kappa shape index (κ1) is 14.4. The predicted octanol–water partition coefficient (Wildman–Crippen LogP) is 3.63. The molecule has 0 aliphatic heterocycles. The van der Waals surface area contributed by atoms with Crippen LogP contribution in [0, 0.1) is 19.8 Å². The average Bonchev–Trinajstić information content (AvgIpc) is 2.33. The van der Waals surface area contributed by atoms with Crippen LogP contribution in [-0.2, 0) is 0 Å². The molecule has 1 aliphatic carbocycles.